The van der Waals surface area contributed by atoms with Crippen LogP contribution in [0.25, 0.3) is 5.69 Å². The van der Waals surface area contributed by atoms with Crippen LogP contribution in [0, 0.1) is 18.3 Å². The molecule has 2 aromatic carbocycles. The van der Waals surface area contributed by atoms with Gasteiger partial charge in [0.05, 0.1) is 29.5 Å². The molecule has 2 unspecified atom stereocenters. The number of hydrogen-bond donors (Lipinski definition) is 1. The number of nitrogens with zero attached hydrogens (tertiary/aromatic N) is 4. The van der Waals surface area contributed by atoms with Crippen LogP contribution in [0.4, 0.5) is 0 Å². The SMILES string of the molecule is Cc1c(C#N)c(Cc2ccc(-n3cccn3)cc2)cc2c1CN(C1CCCCC1O)C2=O. The lowest BCUT2D eigenvalue weighted by atomic mass is 9.91. The fourth-order valence-corrected chi connectivity index (χ4v) is 5.14. The van der Waals surface area contributed by atoms with Gasteiger partial charge in [0.2, 0.25) is 0 Å². The molecule has 5 rings (SSSR count). The van der Waals surface area contributed by atoms with E-state index in [-0.39, 0.29) is 11.9 Å². The molecular weight excluding hydrogens is 400 g/mol. The number of rotatable bonds is 4. The molecule has 0 spiro atoms. The predicted molar refractivity (Wildman–Crippen MR) is 120 cm³/mol. The molecule has 2 atom stereocenters. The Labute approximate surface area is 187 Å². The highest BCUT2D eigenvalue weighted by Gasteiger charge is 2.38. The molecule has 3 aromatic rings. The molecule has 1 N–H and O–H groups in total. The quantitative estimate of drug-likeness (QED) is 0.686. The molecule has 1 aliphatic carbocycles. The molecular formula is C26H26N4O2. The number of aliphatic hydroxyl groups excluding tert-OH is 1. The molecule has 6 nitrogen and oxygen atoms in total. The van der Waals surface area contributed by atoms with Gasteiger partial charge >= 0.3 is 0 Å². The normalized spacial score (nSPS) is 20.3. The van der Waals surface area contributed by atoms with Crippen LogP contribution >= 0.6 is 0 Å². The highest BCUT2D eigenvalue weighted by Crippen LogP contribution is 2.35. The second-order valence-corrected chi connectivity index (χ2v) is 8.82. The van der Waals surface area contributed by atoms with Crippen molar-refractivity contribution in [2.45, 2.75) is 57.7 Å². The minimum absolute atomic E-state index is 0.0196. The summed E-state index contributed by atoms with van der Waals surface area (Å²) in [6.07, 6.45) is 7.37. The summed E-state index contributed by atoms with van der Waals surface area (Å²) in [4.78, 5) is 15.1. The number of benzene rings is 2. The van der Waals surface area contributed by atoms with E-state index in [1.165, 1.54) is 0 Å². The summed E-state index contributed by atoms with van der Waals surface area (Å²) in [5.74, 6) is -0.0196. The number of amides is 1. The van der Waals surface area contributed by atoms with E-state index < -0.39 is 6.10 Å². The van der Waals surface area contributed by atoms with E-state index in [2.05, 4.69) is 11.2 Å². The van der Waals surface area contributed by atoms with Gasteiger partial charge in [0.15, 0.2) is 0 Å². The van der Waals surface area contributed by atoms with E-state index in [1.807, 2.05) is 54.4 Å². The monoisotopic (exact) mass is 426 g/mol. The summed E-state index contributed by atoms with van der Waals surface area (Å²) in [5, 5.41) is 24.6. The summed E-state index contributed by atoms with van der Waals surface area (Å²) in [6.45, 7) is 2.42. The number of carbonyl (C=O) groups excluding carboxylic acids is 1. The third-order valence-corrected chi connectivity index (χ3v) is 6.92. The lowest BCUT2D eigenvalue weighted by Crippen LogP contribution is -2.45. The van der Waals surface area contributed by atoms with Crippen LogP contribution in [-0.2, 0) is 13.0 Å². The second-order valence-electron chi connectivity index (χ2n) is 8.82. The van der Waals surface area contributed by atoms with Gasteiger partial charge in [-0.2, -0.15) is 10.4 Å². The highest BCUT2D eigenvalue weighted by atomic mass is 16.3. The first kappa shape index (κ1) is 20.5. The van der Waals surface area contributed by atoms with Gasteiger partial charge in [-0.25, -0.2) is 4.68 Å². The Morgan fingerprint density at radius 1 is 1.22 bits per heavy atom. The zero-order valence-corrected chi connectivity index (χ0v) is 18.2. The summed E-state index contributed by atoms with van der Waals surface area (Å²) in [6, 6.07) is 14.1. The van der Waals surface area contributed by atoms with Gasteiger partial charge in [0.25, 0.3) is 5.91 Å². The van der Waals surface area contributed by atoms with E-state index in [0.29, 0.717) is 24.1 Å². The Kier molecular flexibility index (Phi) is 5.28. The van der Waals surface area contributed by atoms with Crippen LogP contribution in [-0.4, -0.2) is 37.8 Å². The van der Waals surface area contributed by atoms with Crippen molar-refractivity contribution in [1.82, 2.24) is 14.7 Å². The largest absolute Gasteiger partial charge is 0.391 e. The van der Waals surface area contributed by atoms with Gasteiger partial charge in [-0.1, -0.05) is 25.0 Å². The molecule has 1 aromatic heterocycles. The Balaban J connectivity index is 1.45. The number of fused-ring (bicyclic) bond motifs is 1. The fourth-order valence-electron chi connectivity index (χ4n) is 5.14. The molecule has 0 saturated heterocycles. The van der Waals surface area contributed by atoms with Crippen molar-refractivity contribution in [2.24, 2.45) is 0 Å². The van der Waals surface area contributed by atoms with Crippen molar-refractivity contribution in [1.29, 1.82) is 5.26 Å². The Morgan fingerprint density at radius 2 is 2.00 bits per heavy atom. The highest BCUT2D eigenvalue weighted by molar-refractivity contribution is 5.99. The molecule has 6 heteroatoms. The van der Waals surface area contributed by atoms with Crippen molar-refractivity contribution in [3.05, 3.63) is 82.2 Å². The van der Waals surface area contributed by atoms with Gasteiger partial charge in [-0.3, -0.25) is 4.79 Å². The van der Waals surface area contributed by atoms with E-state index >= 15 is 0 Å². The van der Waals surface area contributed by atoms with Gasteiger partial charge in [-0.05, 0) is 72.7 Å². The Hall–Kier alpha value is -3.43. The zero-order chi connectivity index (χ0) is 22.2. The number of aliphatic hydroxyl groups is 1. The van der Waals surface area contributed by atoms with E-state index in [4.69, 9.17) is 0 Å². The summed E-state index contributed by atoms with van der Waals surface area (Å²) in [7, 11) is 0. The van der Waals surface area contributed by atoms with Crippen LogP contribution in [0.2, 0.25) is 0 Å². The maximum atomic E-state index is 13.3. The predicted octanol–water partition coefficient (Wildman–Crippen LogP) is 3.90. The topological polar surface area (TPSA) is 82.2 Å². The number of hydrogen-bond acceptors (Lipinski definition) is 4. The van der Waals surface area contributed by atoms with Gasteiger partial charge in [0.1, 0.15) is 0 Å². The van der Waals surface area contributed by atoms with Gasteiger partial charge < -0.3 is 10.0 Å². The van der Waals surface area contributed by atoms with Crippen molar-refractivity contribution >= 4 is 5.91 Å². The third kappa shape index (κ3) is 3.49. The number of nitriles is 1. The maximum absolute atomic E-state index is 13.3. The van der Waals surface area contributed by atoms with Gasteiger partial charge in [-0.15, -0.1) is 0 Å². The van der Waals surface area contributed by atoms with Crippen LogP contribution < -0.4 is 0 Å². The lowest BCUT2D eigenvalue weighted by molar-refractivity contribution is 0.0191. The minimum Gasteiger partial charge on any atom is -0.391 e. The number of carbonyl (C=O) groups is 1. The average molecular weight is 427 g/mol. The van der Waals surface area contributed by atoms with Crippen molar-refractivity contribution in [2.75, 3.05) is 0 Å². The fraction of sp³-hybridized carbons (Fsp3) is 0.346. The van der Waals surface area contributed by atoms with Crippen LogP contribution in [0.15, 0.2) is 48.8 Å². The molecule has 1 fully saturated rings. The first-order valence-corrected chi connectivity index (χ1v) is 11.2. The molecule has 1 saturated carbocycles. The standard InChI is InChI=1S/C26H26N4O2/c1-17-22(15-27)19(13-18-7-9-20(10-8-18)30-12-4-11-28-30)14-21-23(17)16-29(26(21)32)24-5-2-3-6-25(24)31/h4,7-12,14,24-25,31H,2-3,5-6,13,16H2,1H3. The summed E-state index contributed by atoms with van der Waals surface area (Å²) < 4.78 is 1.80. The first-order valence-electron chi connectivity index (χ1n) is 11.2. The second kappa shape index (κ2) is 8.25. The smallest absolute Gasteiger partial charge is 0.254 e. The minimum atomic E-state index is -0.467. The van der Waals surface area contributed by atoms with Crippen molar-refractivity contribution in [3.8, 4) is 11.8 Å². The molecule has 1 amide bonds. The lowest BCUT2D eigenvalue weighted by Gasteiger charge is -2.35. The van der Waals surface area contributed by atoms with E-state index in [9.17, 15) is 15.2 Å². The van der Waals surface area contributed by atoms with E-state index in [1.54, 1.807) is 10.9 Å². The Bertz CT molecular complexity index is 1190. The molecule has 0 bridgehead atoms. The third-order valence-electron chi connectivity index (χ3n) is 6.92. The average Bonchev–Trinajstić information content (AvgIpc) is 3.44. The molecule has 2 aliphatic rings. The molecule has 2 heterocycles. The summed E-state index contributed by atoms with van der Waals surface area (Å²) >= 11 is 0. The van der Waals surface area contributed by atoms with Crippen LogP contribution in [0.1, 0.15) is 63.9 Å². The first-order chi connectivity index (χ1) is 15.6. The Morgan fingerprint density at radius 3 is 2.69 bits per heavy atom. The maximum Gasteiger partial charge on any atom is 0.254 e. The van der Waals surface area contributed by atoms with Gasteiger partial charge in [0, 0.05) is 24.5 Å². The van der Waals surface area contributed by atoms with Crippen LogP contribution in [0.3, 0.4) is 0 Å². The zero-order valence-electron chi connectivity index (χ0n) is 18.2. The van der Waals surface area contributed by atoms with Crippen LogP contribution in [0.5, 0.6) is 0 Å². The molecule has 0 radical (unpaired) electrons. The van der Waals surface area contributed by atoms with Crippen molar-refractivity contribution < 1.29 is 9.90 Å². The molecule has 1 aliphatic heterocycles. The molecule has 162 valence electrons. The molecule has 32 heavy (non-hydrogen) atoms. The number of aromatic nitrogens is 2. The van der Waals surface area contributed by atoms with Crippen molar-refractivity contribution in [3.63, 3.8) is 0 Å². The van der Waals surface area contributed by atoms with E-state index in [0.717, 1.165) is 53.6 Å². The summed E-state index contributed by atoms with van der Waals surface area (Å²) in [5.41, 5.74) is 6.07.